The molecule has 206 valence electrons. The Kier molecular flexibility index (Phi) is 19.8. The molecule has 0 radical (unpaired) electrons. The highest BCUT2D eigenvalue weighted by molar-refractivity contribution is 5.81. The van der Waals surface area contributed by atoms with Crippen LogP contribution in [0.3, 0.4) is 0 Å². The zero-order valence-electron chi connectivity index (χ0n) is 22.3. The minimum atomic E-state index is -0.528. The molecular weight excluding hydrogens is 466 g/mol. The predicted octanol–water partition coefficient (Wildman–Crippen LogP) is 4.74. The summed E-state index contributed by atoms with van der Waals surface area (Å²) in [5, 5.41) is 2.53. The van der Waals surface area contributed by atoms with Crippen molar-refractivity contribution >= 4 is 24.0 Å². The summed E-state index contributed by atoms with van der Waals surface area (Å²) < 4.78 is 20.0. The van der Waals surface area contributed by atoms with E-state index in [2.05, 4.69) is 39.2 Å². The van der Waals surface area contributed by atoms with Gasteiger partial charge in [0.1, 0.15) is 6.61 Å². The van der Waals surface area contributed by atoms with Gasteiger partial charge in [-0.3, -0.25) is 4.79 Å². The minimum Gasteiger partial charge on any atom is -0.466 e. The molecule has 0 saturated heterocycles. The first-order chi connectivity index (χ1) is 17.2. The molecule has 9 heteroatoms. The van der Waals surface area contributed by atoms with Crippen LogP contribution in [-0.2, 0) is 33.3 Å². The highest BCUT2D eigenvalue weighted by Crippen LogP contribution is 2.26. The topological polar surface area (TPSA) is 117 Å². The first-order valence-electron chi connectivity index (χ1n) is 12.8. The van der Waals surface area contributed by atoms with Crippen molar-refractivity contribution in [3.63, 3.8) is 0 Å². The van der Waals surface area contributed by atoms with Gasteiger partial charge in [0.15, 0.2) is 0 Å². The molecule has 2 atom stereocenters. The van der Waals surface area contributed by atoms with Crippen molar-refractivity contribution in [1.29, 1.82) is 0 Å². The Bertz CT molecular complexity index is 677. The van der Waals surface area contributed by atoms with Gasteiger partial charge in [-0.2, -0.15) is 0 Å². The molecule has 1 amide bonds. The highest BCUT2D eigenvalue weighted by Gasteiger charge is 2.15. The lowest BCUT2D eigenvalue weighted by atomic mass is 9.84. The van der Waals surface area contributed by atoms with E-state index < -0.39 is 18.0 Å². The quantitative estimate of drug-likeness (QED) is 0.102. The third-order valence-corrected chi connectivity index (χ3v) is 5.75. The van der Waals surface area contributed by atoms with Gasteiger partial charge in [0.25, 0.3) is 0 Å². The molecule has 0 aliphatic rings. The maximum absolute atomic E-state index is 11.8. The van der Waals surface area contributed by atoms with Gasteiger partial charge in [0.2, 0.25) is 0 Å². The van der Waals surface area contributed by atoms with E-state index in [1.165, 1.54) is 0 Å². The van der Waals surface area contributed by atoms with Gasteiger partial charge in [0, 0.05) is 18.6 Å². The van der Waals surface area contributed by atoms with Crippen LogP contribution in [0.2, 0.25) is 0 Å². The number of ether oxygens (including phenoxy) is 4. The second-order valence-electron chi connectivity index (χ2n) is 9.10. The Labute approximate surface area is 215 Å². The highest BCUT2D eigenvalue weighted by atomic mass is 16.6. The van der Waals surface area contributed by atoms with Crippen molar-refractivity contribution in [3.05, 3.63) is 25.3 Å². The number of hydrogen-bond donors (Lipinski definition) is 1. The van der Waals surface area contributed by atoms with Crippen LogP contribution >= 0.6 is 0 Å². The summed E-state index contributed by atoms with van der Waals surface area (Å²) in [5.74, 6) is 0.331. The fourth-order valence-electron chi connectivity index (χ4n) is 3.52. The monoisotopic (exact) mass is 511 g/mol. The largest absolute Gasteiger partial charge is 0.466 e. The second-order valence-corrected chi connectivity index (χ2v) is 9.10. The van der Waals surface area contributed by atoms with Gasteiger partial charge >= 0.3 is 24.0 Å². The van der Waals surface area contributed by atoms with Crippen LogP contribution in [0.25, 0.3) is 0 Å². The Morgan fingerprint density at radius 3 is 1.94 bits per heavy atom. The summed E-state index contributed by atoms with van der Waals surface area (Å²) in [6.45, 7) is 14.5. The minimum absolute atomic E-state index is 0.0749. The number of alkyl carbamates (subject to hydrolysis) is 1. The molecule has 1 N–H and O–H groups in total. The average Bonchev–Trinajstić information content (AvgIpc) is 2.85. The van der Waals surface area contributed by atoms with Crippen molar-refractivity contribution in [2.45, 2.75) is 72.1 Å². The first kappa shape index (κ1) is 33.2. The maximum atomic E-state index is 11.8. The molecule has 36 heavy (non-hydrogen) atoms. The van der Waals surface area contributed by atoms with Gasteiger partial charge in [-0.25, -0.2) is 14.4 Å². The molecule has 0 aliphatic carbocycles. The van der Waals surface area contributed by atoms with Gasteiger partial charge in [0.05, 0.1) is 26.4 Å². The Balaban J connectivity index is 3.89. The van der Waals surface area contributed by atoms with Crippen LogP contribution in [0.4, 0.5) is 4.79 Å². The fraction of sp³-hybridized carbons (Fsp3) is 0.704. The molecule has 9 nitrogen and oxygen atoms in total. The SMILES string of the molecule is C=CC(=O)OCCCC(=O)OCCCC(CCC(C)CCCOC(=O)NCCOC(=O)C=C)C(C)C. The number of carbonyl (C=O) groups is 4. The molecule has 0 aromatic rings. The average molecular weight is 512 g/mol. The van der Waals surface area contributed by atoms with E-state index in [1.54, 1.807) is 0 Å². The third kappa shape index (κ3) is 19.5. The fourth-order valence-corrected chi connectivity index (χ4v) is 3.52. The summed E-state index contributed by atoms with van der Waals surface area (Å²) >= 11 is 0. The molecule has 0 fully saturated rings. The van der Waals surface area contributed by atoms with Crippen LogP contribution in [0.15, 0.2) is 25.3 Å². The molecule has 0 aromatic heterocycles. The van der Waals surface area contributed by atoms with E-state index in [4.69, 9.17) is 18.9 Å². The van der Waals surface area contributed by atoms with E-state index in [-0.39, 0.29) is 32.1 Å². The lowest BCUT2D eigenvalue weighted by Crippen LogP contribution is -2.28. The predicted molar refractivity (Wildman–Crippen MR) is 137 cm³/mol. The molecule has 0 heterocycles. The molecule has 0 rings (SSSR count). The van der Waals surface area contributed by atoms with Gasteiger partial charge < -0.3 is 24.3 Å². The van der Waals surface area contributed by atoms with Crippen LogP contribution in [0.1, 0.15) is 72.1 Å². The number of esters is 3. The molecule has 0 spiro atoms. The molecule has 0 aliphatic heterocycles. The smallest absolute Gasteiger partial charge is 0.407 e. The van der Waals surface area contributed by atoms with Gasteiger partial charge in [-0.15, -0.1) is 0 Å². The number of carbonyl (C=O) groups excluding carboxylic acids is 4. The summed E-state index contributed by atoms with van der Waals surface area (Å²) in [4.78, 5) is 45.2. The standard InChI is InChI=1S/C27H45NO8/c1-6-24(29)33-18-10-13-26(31)34-17-9-12-23(21(3)4)15-14-22(5)11-8-19-36-27(32)28-16-20-35-25(30)7-2/h6-7,21-23H,1-2,8-20H2,3-5H3,(H,28,32). The summed E-state index contributed by atoms with van der Waals surface area (Å²) in [7, 11) is 0. The van der Waals surface area contributed by atoms with Crippen molar-refractivity contribution in [3.8, 4) is 0 Å². The normalized spacial score (nSPS) is 12.2. The van der Waals surface area contributed by atoms with Gasteiger partial charge in [-0.1, -0.05) is 40.3 Å². The molecule has 2 unspecified atom stereocenters. The molecule has 0 saturated carbocycles. The van der Waals surface area contributed by atoms with E-state index in [1.807, 2.05) is 0 Å². The van der Waals surface area contributed by atoms with Crippen molar-refractivity contribution in [2.75, 3.05) is 33.0 Å². The third-order valence-electron chi connectivity index (χ3n) is 5.75. The maximum Gasteiger partial charge on any atom is 0.407 e. The van der Waals surface area contributed by atoms with Crippen LogP contribution in [-0.4, -0.2) is 57.0 Å². The lowest BCUT2D eigenvalue weighted by molar-refractivity contribution is -0.145. The number of nitrogens with one attached hydrogen (secondary N) is 1. The second kappa shape index (κ2) is 21.4. The van der Waals surface area contributed by atoms with Crippen molar-refractivity contribution < 1.29 is 38.1 Å². The van der Waals surface area contributed by atoms with Crippen LogP contribution in [0, 0.1) is 17.8 Å². The first-order valence-corrected chi connectivity index (χ1v) is 12.8. The van der Waals surface area contributed by atoms with E-state index in [0.29, 0.717) is 37.4 Å². The number of amides is 1. The van der Waals surface area contributed by atoms with Crippen LogP contribution < -0.4 is 5.32 Å². The number of hydrogen-bond acceptors (Lipinski definition) is 8. The zero-order chi connectivity index (χ0) is 27.2. The van der Waals surface area contributed by atoms with Crippen molar-refractivity contribution in [1.82, 2.24) is 5.32 Å². The Hall–Kier alpha value is -2.84. The number of rotatable bonds is 21. The van der Waals surface area contributed by atoms with E-state index in [0.717, 1.165) is 50.7 Å². The van der Waals surface area contributed by atoms with E-state index >= 15 is 0 Å². The summed E-state index contributed by atoms with van der Waals surface area (Å²) in [5.41, 5.74) is 0. The van der Waals surface area contributed by atoms with E-state index in [9.17, 15) is 19.2 Å². The summed E-state index contributed by atoms with van der Waals surface area (Å²) in [6.07, 6.45) is 8.08. The summed E-state index contributed by atoms with van der Waals surface area (Å²) in [6, 6.07) is 0. The molecule has 0 aromatic carbocycles. The Morgan fingerprint density at radius 2 is 1.31 bits per heavy atom. The molecular formula is C27H45NO8. The Morgan fingerprint density at radius 1 is 0.722 bits per heavy atom. The molecule has 0 bridgehead atoms. The lowest BCUT2D eigenvalue weighted by Gasteiger charge is -2.22. The zero-order valence-corrected chi connectivity index (χ0v) is 22.3. The van der Waals surface area contributed by atoms with Crippen LogP contribution in [0.5, 0.6) is 0 Å². The van der Waals surface area contributed by atoms with Crippen molar-refractivity contribution in [2.24, 2.45) is 17.8 Å². The van der Waals surface area contributed by atoms with Gasteiger partial charge in [-0.05, 0) is 56.3 Å².